The Morgan fingerprint density at radius 1 is 1.16 bits per heavy atom. The second kappa shape index (κ2) is 9.13. The molecule has 0 bridgehead atoms. The summed E-state index contributed by atoms with van der Waals surface area (Å²) in [4.78, 5) is 15.0. The van der Waals surface area contributed by atoms with Gasteiger partial charge in [0.25, 0.3) is 0 Å². The first kappa shape index (κ1) is 22.9. The van der Waals surface area contributed by atoms with Crippen LogP contribution < -0.4 is 9.47 Å². The minimum absolute atomic E-state index is 0.0880. The quantitative estimate of drug-likeness (QED) is 0.585. The molecule has 1 atom stereocenters. The number of hydrogen-bond donors (Lipinski definition) is 0. The van der Waals surface area contributed by atoms with Gasteiger partial charge in [0.15, 0.2) is 11.5 Å². The molecule has 0 aromatic heterocycles. The number of benzene rings is 2. The van der Waals surface area contributed by atoms with Crippen molar-refractivity contribution >= 4 is 6.09 Å². The van der Waals surface area contributed by atoms with Gasteiger partial charge in [-0.25, -0.2) is 9.18 Å². The molecular formula is C22H24F4N2O3. The van der Waals surface area contributed by atoms with Gasteiger partial charge >= 0.3 is 12.5 Å². The maximum Gasteiger partial charge on any atom is 0.573 e. The van der Waals surface area contributed by atoms with Gasteiger partial charge in [-0.3, -0.25) is 4.90 Å². The molecule has 9 heteroatoms. The Hall–Kier alpha value is -2.81. The van der Waals surface area contributed by atoms with Crippen molar-refractivity contribution in [1.82, 2.24) is 9.80 Å². The molecule has 0 fully saturated rings. The number of rotatable bonds is 6. The minimum Gasteiger partial charge on any atom is -0.406 e. The Morgan fingerprint density at radius 3 is 2.55 bits per heavy atom. The van der Waals surface area contributed by atoms with Crippen LogP contribution >= 0.6 is 0 Å². The number of nitrogens with zero attached hydrogens (tertiary/aromatic N) is 2. The number of halogens is 4. The lowest BCUT2D eigenvalue weighted by molar-refractivity contribution is -0.275. The van der Waals surface area contributed by atoms with Gasteiger partial charge in [-0.1, -0.05) is 18.2 Å². The van der Waals surface area contributed by atoms with Gasteiger partial charge in [0.2, 0.25) is 0 Å². The van der Waals surface area contributed by atoms with E-state index in [1.165, 1.54) is 32.3 Å². The number of fused-ring (bicyclic) bond motifs is 1. The number of aryl methyl sites for hydroxylation is 1. The molecule has 168 valence electrons. The molecule has 0 saturated carbocycles. The summed E-state index contributed by atoms with van der Waals surface area (Å²) in [5.74, 6) is -1.09. The fourth-order valence-electron chi connectivity index (χ4n) is 3.46. The monoisotopic (exact) mass is 440 g/mol. The second-order valence-corrected chi connectivity index (χ2v) is 7.76. The van der Waals surface area contributed by atoms with E-state index in [4.69, 9.17) is 4.74 Å². The average molecular weight is 440 g/mol. The molecule has 2 aromatic carbocycles. The molecular weight excluding hydrogens is 416 g/mol. The van der Waals surface area contributed by atoms with Gasteiger partial charge in [-0.2, -0.15) is 0 Å². The molecule has 3 rings (SSSR count). The molecule has 0 saturated heterocycles. The first-order valence-corrected chi connectivity index (χ1v) is 9.81. The van der Waals surface area contributed by atoms with Gasteiger partial charge in [-0.15, -0.1) is 13.2 Å². The smallest absolute Gasteiger partial charge is 0.406 e. The third kappa shape index (κ3) is 5.88. The van der Waals surface area contributed by atoms with Crippen LogP contribution in [-0.2, 0) is 19.5 Å². The summed E-state index contributed by atoms with van der Waals surface area (Å²) < 4.78 is 61.5. The van der Waals surface area contributed by atoms with E-state index >= 15 is 0 Å². The summed E-state index contributed by atoms with van der Waals surface area (Å²) >= 11 is 0. The van der Waals surface area contributed by atoms with E-state index in [1.54, 1.807) is 12.1 Å². The predicted octanol–water partition coefficient (Wildman–Crippen LogP) is 5.12. The van der Waals surface area contributed by atoms with E-state index in [1.807, 2.05) is 13.0 Å². The lowest BCUT2D eigenvalue weighted by atomic mass is 10.0. The normalized spacial score (nSPS) is 14.8. The Balaban J connectivity index is 1.68. The zero-order valence-corrected chi connectivity index (χ0v) is 17.5. The Labute approximate surface area is 178 Å². The summed E-state index contributed by atoms with van der Waals surface area (Å²) in [5.41, 5.74) is 2.26. The van der Waals surface area contributed by atoms with Crippen molar-refractivity contribution < 1.29 is 31.8 Å². The average Bonchev–Trinajstić information content (AvgIpc) is 3.12. The van der Waals surface area contributed by atoms with Gasteiger partial charge in [-0.05, 0) is 49.1 Å². The Bertz CT molecular complexity index is 947. The Kier molecular flexibility index (Phi) is 6.74. The third-order valence-corrected chi connectivity index (χ3v) is 5.22. The zero-order chi connectivity index (χ0) is 22.8. The van der Waals surface area contributed by atoms with Gasteiger partial charge in [0, 0.05) is 38.8 Å². The van der Waals surface area contributed by atoms with Crippen molar-refractivity contribution in [2.24, 2.45) is 0 Å². The van der Waals surface area contributed by atoms with Crippen LogP contribution in [0.2, 0.25) is 0 Å². The molecule has 0 radical (unpaired) electrons. The number of alkyl halides is 3. The number of carbonyl (C=O) groups is 1. The highest BCUT2D eigenvalue weighted by atomic mass is 19.4. The molecule has 1 unspecified atom stereocenters. The predicted molar refractivity (Wildman–Crippen MR) is 106 cm³/mol. The van der Waals surface area contributed by atoms with E-state index in [-0.39, 0.29) is 17.6 Å². The van der Waals surface area contributed by atoms with E-state index in [9.17, 15) is 22.4 Å². The summed E-state index contributed by atoms with van der Waals surface area (Å²) in [6, 6.07) is 9.26. The fraction of sp³-hybridized carbons (Fsp3) is 0.409. The molecule has 1 aliphatic heterocycles. The third-order valence-electron chi connectivity index (χ3n) is 5.22. The lowest BCUT2D eigenvalue weighted by Gasteiger charge is -2.24. The molecule has 31 heavy (non-hydrogen) atoms. The summed E-state index contributed by atoms with van der Waals surface area (Å²) in [6.45, 7) is 3.14. The van der Waals surface area contributed by atoms with Crippen molar-refractivity contribution in [3.63, 3.8) is 0 Å². The highest BCUT2D eigenvalue weighted by Crippen LogP contribution is 2.34. The maximum atomic E-state index is 14.0. The summed E-state index contributed by atoms with van der Waals surface area (Å²) in [6.07, 6.45) is -4.60. The largest absolute Gasteiger partial charge is 0.573 e. The number of hydrogen-bond acceptors (Lipinski definition) is 4. The molecule has 5 nitrogen and oxygen atoms in total. The number of carbonyl (C=O) groups excluding carboxylic acids is 1. The molecule has 1 aliphatic rings. The zero-order valence-electron chi connectivity index (χ0n) is 17.5. The van der Waals surface area contributed by atoms with E-state index < -0.39 is 18.2 Å². The molecule has 0 spiro atoms. The van der Waals surface area contributed by atoms with Crippen LogP contribution in [-0.4, -0.2) is 42.4 Å². The number of amides is 1. The van der Waals surface area contributed by atoms with Crippen molar-refractivity contribution in [1.29, 1.82) is 0 Å². The van der Waals surface area contributed by atoms with E-state index in [2.05, 4.69) is 9.64 Å². The molecule has 1 heterocycles. The fourth-order valence-corrected chi connectivity index (χ4v) is 3.46. The first-order chi connectivity index (χ1) is 14.5. The SMILES string of the molecule is CC(CCc1ccc(OC(=O)N(C)C)c(OC(F)(F)F)c1)N1Cc2cccc(F)c2C1. The van der Waals surface area contributed by atoms with Gasteiger partial charge in [0.1, 0.15) is 5.82 Å². The van der Waals surface area contributed by atoms with E-state index in [0.29, 0.717) is 37.1 Å². The Morgan fingerprint density at radius 2 is 1.90 bits per heavy atom. The van der Waals surface area contributed by atoms with Crippen LogP contribution in [0.4, 0.5) is 22.4 Å². The first-order valence-electron chi connectivity index (χ1n) is 9.81. The minimum atomic E-state index is -4.92. The molecule has 0 N–H and O–H groups in total. The van der Waals surface area contributed by atoms with Crippen LogP contribution in [0.1, 0.15) is 30.0 Å². The standard InChI is InChI=1S/C22H24F4N2O3/c1-14(28-12-16-5-4-6-18(23)17(16)13-28)7-8-15-9-10-19(30-21(29)27(2)3)20(11-15)31-22(24,25)26/h4-6,9-11,14H,7-8,12-13H2,1-3H3. The topological polar surface area (TPSA) is 42.0 Å². The highest BCUT2D eigenvalue weighted by molar-refractivity contribution is 5.71. The van der Waals surface area contributed by atoms with Gasteiger partial charge in [0.05, 0.1) is 0 Å². The highest BCUT2D eigenvalue weighted by Gasteiger charge is 2.33. The van der Waals surface area contributed by atoms with E-state index in [0.717, 1.165) is 10.5 Å². The van der Waals surface area contributed by atoms with Crippen LogP contribution in [0.15, 0.2) is 36.4 Å². The second-order valence-electron chi connectivity index (χ2n) is 7.76. The molecule has 0 aliphatic carbocycles. The van der Waals surface area contributed by atoms with Crippen molar-refractivity contribution in [2.75, 3.05) is 14.1 Å². The molecule has 1 amide bonds. The number of ether oxygens (including phenoxy) is 2. The van der Waals surface area contributed by atoms with Gasteiger partial charge < -0.3 is 14.4 Å². The lowest BCUT2D eigenvalue weighted by Crippen LogP contribution is -2.28. The summed E-state index contributed by atoms with van der Waals surface area (Å²) in [5, 5.41) is 0. The molecule has 2 aromatic rings. The van der Waals surface area contributed by atoms with Crippen LogP contribution in [0.5, 0.6) is 11.5 Å². The van der Waals surface area contributed by atoms with Crippen LogP contribution in [0.3, 0.4) is 0 Å². The summed E-state index contributed by atoms with van der Waals surface area (Å²) in [7, 11) is 2.84. The van der Waals surface area contributed by atoms with Crippen molar-refractivity contribution in [3.05, 3.63) is 58.9 Å². The maximum absolute atomic E-state index is 14.0. The van der Waals surface area contributed by atoms with Crippen molar-refractivity contribution in [3.8, 4) is 11.5 Å². The van der Waals surface area contributed by atoms with Crippen molar-refractivity contribution in [2.45, 2.75) is 45.3 Å². The van der Waals surface area contributed by atoms with Crippen LogP contribution in [0, 0.1) is 5.82 Å². The van der Waals surface area contributed by atoms with Crippen LogP contribution in [0.25, 0.3) is 0 Å².